The van der Waals surface area contributed by atoms with Crippen molar-refractivity contribution in [2.24, 2.45) is 5.92 Å². The summed E-state index contributed by atoms with van der Waals surface area (Å²) in [4.78, 5) is 0. The third-order valence-electron chi connectivity index (χ3n) is 3.34. The van der Waals surface area contributed by atoms with Crippen LogP contribution in [0.3, 0.4) is 0 Å². The van der Waals surface area contributed by atoms with Crippen LogP contribution in [0.25, 0.3) is 0 Å². The van der Waals surface area contributed by atoms with Crippen LogP contribution in [0.2, 0.25) is 5.02 Å². The number of nitrogens with one attached hydrogen (secondary N) is 2. The number of aromatic nitrogens is 2. The SMILES string of the molecule is Cc1[nH]ncc1CNC(c1ccc(Cl)cc1)C(C)C. The molecule has 0 aliphatic carbocycles. The number of hydrogen-bond acceptors (Lipinski definition) is 2. The summed E-state index contributed by atoms with van der Waals surface area (Å²) in [6.07, 6.45) is 1.88. The average Bonchev–Trinajstić information content (AvgIpc) is 2.77. The van der Waals surface area contributed by atoms with Gasteiger partial charge in [0, 0.05) is 28.9 Å². The minimum Gasteiger partial charge on any atom is -0.306 e. The van der Waals surface area contributed by atoms with Gasteiger partial charge >= 0.3 is 0 Å². The molecule has 4 heteroatoms. The third kappa shape index (κ3) is 3.58. The van der Waals surface area contributed by atoms with E-state index in [2.05, 4.69) is 41.5 Å². The Morgan fingerprint density at radius 2 is 1.95 bits per heavy atom. The first-order chi connectivity index (χ1) is 9.08. The van der Waals surface area contributed by atoms with Crippen molar-refractivity contribution in [3.8, 4) is 0 Å². The molecule has 0 aliphatic heterocycles. The number of hydrogen-bond donors (Lipinski definition) is 2. The van der Waals surface area contributed by atoms with Gasteiger partial charge in [-0.2, -0.15) is 5.10 Å². The van der Waals surface area contributed by atoms with Gasteiger partial charge in [-0.05, 0) is 30.5 Å². The maximum Gasteiger partial charge on any atom is 0.0535 e. The van der Waals surface area contributed by atoms with Gasteiger partial charge in [0.15, 0.2) is 0 Å². The van der Waals surface area contributed by atoms with Crippen molar-refractivity contribution >= 4 is 11.6 Å². The zero-order valence-corrected chi connectivity index (χ0v) is 12.3. The second-order valence-corrected chi connectivity index (χ2v) is 5.61. The monoisotopic (exact) mass is 277 g/mol. The Hall–Kier alpha value is -1.32. The maximum absolute atomic E-state index is 5.94. The number of H-pyrrole nitrogens is 1. The maximum atomic E-state index is 5.94. The molecule has 1 unspecified atom stereocenters. The van der Waals surface area contributed by atoms with Crippen LogP contribution < -0.4 is 5.32 Å². The zero-order valence-electron chi connectivity index (χ0n) is 11.6. The largest absolute Gasteiger partial charge is 0.306 e. The summed E-state index contributed by atoms with van der Waals surface area (Å²) in [6.45, 7) is 7.29. The summed E-state index contributed by atoms with van der Waals surface area (Å²) in [6, 6.07) is 8.37. The van der Waals surface area contributed by atoms with Crippen molar-refractivity contribution in [3.63, 3.8) is 0 Å². The Labute approximate surface area is 119 Å². The Bertz CT molecular complexity index is 516. The quantitative estimate of drug-likeness (QED) is 0.871. The molecule has 102 valence electrons. The summed E-state index contributed by atoms with van der Waals surface area (Å²) in [5.41, 5.74) is 3.59. The van der Waals surface area contributed by atoms with Crippen LogP contribution in [-0.4, -0.2) is 10.2 Å². The number of rotatable bonds is 5. The van der Waals surface area contributed by atoms with E-state index in [1.54, 1.807) is 0 Å². The number of benzene rings is 1. The lowest BCUT2D eigenvalue weighted by molar-refractivity contribution is 0.410. The van der Waals surface area contributed by atoms with Crippen molar-refractivity contribution in [2.75, 3.05) is 0 Å². The van der Waals surface area contributed by atoms with Gasteiger partial charge in [-0.1, -0.05) is 37.6 Å². The highest BCUT2D eigenvalue weighted by molar-refractivity contribution is 6.30. The first kappa shape index (κ1) is 14.1. The molecule has 0 aliphatic rings. The van der Waals surface area contributed by atoms with Gasteiger partial charge in [0.25, 0.3) is 0 Å². The van der Waals surface area contributed by atoms with Gasteiger partial charge in [-0.3, -0.25) is 5.10 Å². The van der Waals surface area contributed by atoms with Crippen LogP contribution in [-0.2, 0) is 6.54 Å². The van der Waals surface area contributed by atoms with E-state index >= 15 is 0 Å². The summed E-state index contributed by atoms with van der Waals surface area (Å²) in [5.74, 6) is 0.508. The molecule has 0 saturated carbocycles. The van der Waals surface area contributed by atoms with Gasteiger partial charge in [0.2, 0.25) is 0 Å². The van der Waals surface area contributed by atoms with Crippen molar-refractivity contribution < 1.29 is 0 Å². The highest BCUT2D eigenvalue weighted by atomic mass is 35.5. The van der Waals surface area contributed by atoms with Crippen LogP contribution >= 0.6 is 11.6 Å². The fraction of sp³-hybridized carbons (Fsp3) is 0.400. The Balaban J connectivity index is 2.08. The fourth-order valence-electron chi connectivity index (χ4n) is 2.18. The van der Waals surface area contributed by atoms with Crippen LogP contribution in [0.1, 0.15) is 36.7 Å². The van der Waals surface area contributed by atoms with E-state index in [0.717, 1.165) is 17.3 Å². The third-order valence-corrected chi connectivity index (χ3v) is 3.59. The average molecular weight is 278 g/mol. The summed E-state index contributed by atoms with van der Waals surface area (Å²) < 4.78 is 0. The van der Waals surface area contributed by atoms with E-state index in [9.17, 15) is 0 Å². The molecule has 0 fully saturated rings. The standard InChI is InChI=1S/C15H20ClN3/c1-10(2)15(12-4-6-14(16)7-5-12)17-8-13-9-18-19-11(13)3/h4-7,9-10,15,17H,8H2,1-3H3,(H,18,19). The first-order valence-electron chi connectivity index (χ1n) is 6.55. The predicted molar refractivity (Wildman–Crippen MR) is 79.2 cm³/mol. The lowest BCUT2D eigenvalue weighted by atomic mass is 9.96. The molecule has 2 N–H and O–H groups in total. The predicted octanol–water partition coefficient (Wildman–Crippen LogP) is 3.86. The number of aryl methyl sites for hydroxylation is 1. The molecular formula is C15H20ClN3. The number of nitrogens with zero attached hydrogens (tertiary/aromatic N) is 1. The molecule has 2 rings (SSSR count). The molecule has 0 amide bonds. The minimum absolute atomic E-state index is 0.312. The second-order valence-electron chi connectivity index (χ2n) is 5.17. The molecule has 0 saturated heterocycles. The van der Waals surface area contributed by atoms with E-state index in [1.807, 2.05) is 25.3 Å². The van der Waals surface area contributed by atoms with Gasteiger partial charge in [0.1, 0.15) is 0 Å². The highest BCUT2D eigenvalue weighted by Crippen LogP contribution is 2.23. The molecule has 0 radical (unpaired) electrons. The Morgan fingerprint density at radius 3 is 2.47 bits per heavy atom. The molecule has 1 atom stereocenters. The lowest BCUT2D eigenvalue weighted by Crippen LogP contribution is -2.25. The topological polar surface area (TPSA) is 40.7 Å². The van der Waals surface area contributed by atoms with E-state index in [4.69, 9.17) is 11.6 Å². The molecule has 2 aromatic rings. The van der Waals surface area contributed by atoms with Gasteiger partial charge in [-0.15, -0.1) is 0 Å². The first-order valence-corrected chi connectivity index (χ1v) is 6.93. The molecular weight excluding hydrogens is 258 g/mol. The van der Waals surface area contributed by atoms with Crippen LogP contribution in [0, 0.1) is 12.8 Å². The van der Waals surface area contributed by atoms with Gasteiger partial charge in [-0.25, -0.2) is 0 Å². The van der Waals surface area contributed by atoms with Crippen molar-refractivity contribution in [1.29, 1.82) is 0 Å². The number of halogens is 1. The van der Waals surface area contributed by atoms with Crippen molar-refractivity contribution in [3.05, 3.63) is 52.3 Å². The van der Waals surface area contributed by atoms with E-state index in [1.165, 1.54) is 11.1 Å². The van der Waals surface area contributed by atoms with Crippen LogP contribution in [0.5, 0.6) is 0 Å². The summed E-state index contributed by atoms with van der Waals surface area (Å²) in [7, 11) is 0. The molecule has 1 heterocycles. The van der Waals surface area contributed by atoms with Crippen molar-refractivity contribution in [2.45, 2.75) is 33.4 Å². The zero-order chi connectivity index (χ0) is 13.8. The second kappa shape index (κ2) is 6.22. The van der Waals surface area contributed by atoms with Crippen LogP contribution in [0.4, 0.5) is 0 Å². The summed E-state index contributed by atoms with van der Waals surface area (Å²) >= 11 is 5.94. The molecule has 1 aromatic carbocycles. The van der Waals surface area contributed by atoms with E-state index < -0.39 is 0 Å². The van der Waals surface area contributed by atoms with Crippen LogP contribution in [0.15, 0.2) is 30.5 Å². The smallest absolute Gasteiger partial charge is 0.0535 e. The molecule has 0 spiro atoms. The van der Waals surface area contributed by atoms with Gasteiger partial charge < -0.3 is 5.32 Å². The Kier molecular flexibility index (Phi) is 4.61. The van der Waals surface area contributed by atoms with E-state index in [0.29, 0.717) is 12.0 Å². The number of aromatic amines is 1. The Morgan fingerprint density at radius 1 is 1.26 bits per heavy atom. The molecule has 19 heavy (non-hydrogen) atoms. The minimum atomic E-state index is 0.312. The molecule has 0 bridgehead atoms. The summed E-state index contributed by atoms with van der Waals surface area (Å²) in [5, 5.41) is 11.4. The molecule has 1 aromatic heterocycles. The van der Waals surface area contributed by atoms with Crippen molar-refractivity contribution in [1.82, 2.24) is 15.5 Å². The molecule has 3 nitrogen and oxygen atoms in total. The van der Waals surface area contributed by atoms with Gasteiger partial charge in [0.05, 0.1) is 6.20 Å². The highest BCUT2D eigenvalue weighted by Gasteiger charge is 2.15. The normalized spacial score (nSPS) is 12.9. The van der Waals surface area contributed by atoms with E-state index in [-0.39, 0.29) is 0 Å². The fourth-order valence-corrected chi connectivity index (χ4v) is 2.31. The lowest BCUT2D eigenvalue weighted by Gasteiger charge is -2.23.